The number of carboxylic acids is 1. The van der Waals surface area contributed by atoms with Crippen molar-refractivity contribution < 1.29 is 42.9 Å². The number of hydrogen-bond acceptors (Lipinski definition) is 8. The van der Waals surface area contributed by atoms with Crippen molar-refractivity contribution in [2.45, 2.75) is 296 Å². The minimum Gasteiger partial charge on any atom is -0.545 e. The SMILES string of the molecule is CC/C=C\C/C=C\C/C=C\C/C=C\C/C=C\C/C=C\CCCCCCCCCCCCCCCCCCCCCCCCC(=O)OC(COC(=O)CCCCCC/C=C\C/C=C\C/C=C\C/C=C\C/C=C\C/C=C\CC)COC(OCC[N+](C)(C)C)C(=O)[O-]. The van der Waals surface area contributed by atoms with Gasteiger partial charge in [0, 0.05) is 12.8 Å². The summed E-state index contributed by atoms with van der Waals surface area (Å²) in [5.74, 6) is -2.32. The molecule has 2 unspecified atom stereocenters. The van der Waals surface area contributed by atoms with Gasteiger partial charge in [0.25, 0.3) is 0 Å². The highest BCUT2D eigenvalue weighted by atomic mass is 16.7. The van der Waals surface area contributed by atoms with E-state index in [9.17, 15) is 19.5 Å². The third-order valence-electron chi connectivity index (χ3n) is 15.1. The Morgan fingerprint density at radius 2 is 0.607 bits per heavy atom. The van der Waals surface area contributed by atoms with E-state index in [-0.39, 0.29) is 38.6 Å². The van der Waals surface area contributed by atoms with Gasteiger partial charge < -0.3 is 33.3 Å². The summed E-state index contributed by atoms with van der Waals surface area (Å²) in [5, 5.41) is 11.8. The zero-order valence-electron chi connectivity index (χ0n) is 57.8. The van der Waals surface area contributed by atoms with Crippen LogP contribution < -0.4 is 5.11 Å². The second kappa shape index (κ2) is 69.1. The molecular formula is C80H133NO8. The highest BCUT2D eigenvalue weighted by Crippen LogP contribution is 2.17. The van der Waals surface area contributed by atoms with Crippen molar-refractivity contribution in [3.63, 3.8) is 0 Å². The van der Waals surface area contributed by atoms with Crippen molar-refractivity contribution in [2.75, 3.05) is 47.5 Å². The van der Waals surface area contributed by atoms with E-state index in [1.165, 1.54) is 122 Å². The van der Waals surface area contributed by atoms with Crippen LogP contribution in [0, 0.1) is 0 Å². The third kappa shape index (κ3) is 70.5. The van der Waals surface area contributed by atoms with Crippen LogP contribution >= 0.6 is 0 Å². The summed E-state index contributed by atoms with van der Waals surface area (Å²) in [5.41, 5.74) is 0. The predicted molar refractivity (Wildman–Crippen MR) is 379 cm³/mol. The van der Waals surface area contributed by atoms with Gasteiger partial charge >= 0.3 is 11.9 Å². The van der Waals surface area contributed by atoms with Crippen LogP contribution in [0.15, 0.2) is 146 Å². The first-order chi connectivity index (χ1) is 43.6. The molecule has 0 saturated carbocycles. The molecule has 0 aromatic carbocycles. The smallest absolute Gasteiger partial charge is 0.306 e. The Hall–Kier alpha value is -4.83. The summed E-state index contributed by atoms with van der Waals surface area (Å²) in [6.07, 6.45) is 98.0. The quantitative estimate of drug-likeness (QED) is 0.0195. The average molecular weight is 1240 g/mol. The maximum atomic E-state index is 12.9. The number of nitrogens with zero attached hydrogens (tertiary/aromatic N) is 1. The first kappa shape index (κ1) is 84.2. The molecule has 0 fully saturated rings. The molecule has 2 atom stereocenters. The van der Waals surface area contributed by atoms with Gasteiger partial charge in [-0.1, -0.05) is 301 Å². The molecule has 0 spiro atoms. The summed E-state index contributed by atoms with van der Waals surface area (Å²) in [4.78, 5) is 37.5. The highest BCUT2D eigenvalue weighted by molar-refractivity contribution is 5.70. The molecule has 9 heteroatoms. The molecular weight excluding hydrogens is 1100 g/mol. The van der Waals surface area contributed by atoms with Crippen LogP contribution in [0.5, 0.6) is 0 Å². The number of allylic oxidation sites excluding steroid dienone is 24. The molecule has 0 bridgehead atoms. The van der Waals surface area contributed by atoms with Crippen LogP contribution in [-0.4, -0.2) is 82.3 Å². The lowest BCUT2D eigenvalue weighted by Crippen LogP contribution is -2.44. The van der Waals surface area contributed by atoms with E-state index < -0.39 is 24.3 Å². The minimum atomic E-state index is -1.64. The van der Waals surface area contributed by atoms with E-state index in [4.69, 9.17) is 18.9 Å². The largest absolute Gasteiger partial charge is 0.545 e. The van der Waals surface area contributed by atoms with Crippen molar-refractivity contribution in [3.8, 4) is 0 Å². The van der Waals surface area contributed by atoms with Gasteiger partial charge in [0.1, 0.15) is 13.2 Å². The number of carbonyl (C=O) groups excluding carboxylic acids is 3. The number of ether oxygens (including phenoxy) is 4. The zero-order chi connectivity index (χ0) is 64.7. The molecule has 0 radical (unpaired) electrons. The molecule has 0 saturated heterocycles. The first-order valence-corrected chi connectivity index (χ1v) is 36.0. The summed E-state index contributed by atoms with van der Waals surface area (Å²) >= 11 is 0. The number of quaternary nitrogens is 1. The standard InChI is InChI=1S/C80H133NO8/c1-6-8-10-12-14-16-18-20-22-24-26-28-30-31-32-33-34-35-36-37-38-39-40-41-42-43-44-45-46-47-49-51-53-55-57-59-61-63-65-67-69-71-78(83)89-76(75-88-80(79(84)85)86-73-72-81(3,4)5)74-87-77(82)70-68-66-64-62-60-58-56-54-52-50-48-29-27-25-23-21-19-17-15-13-11-9-7-2/h8-11,14-17,20-23,26-29,31-32,34-35,50,52,56,58,76,80H,6-7,12-13,18-19,24-25,30,33,36-49,51,53-55,57,59-75H2,1-5H3/b10-8-,11-9-,16-14-,17-15-,22-20-,23-21-,28-26-,29-27-,32-31-,35-34-,52-50-,58-56-. The van der Waals surface area contributed by atoms with E-state index in [1.54, 1.807) is 0 Å². The van der Waals surface area contributed by atoms with Crippen molar-refractivity contribution in [1.29, 1.82) is 0 Å². The van der Waals surface area contributed by atoms with E-state index in [1.807, 2.05) is 21.1 Å². The minimum absolute atomic E-state index is 0.138. The maximum Gasteiger partial charge on any atom is 0.306 e. The lowest BCUT2D eigenvalue weighted by molar-refractivity contribution is -0.870. The van der Waals surface area contributed by atoms with Crippen LogP contribution in [0.1, 0.15) is 284 Å². The number of rotatable bonds is 65. The Morgan fingerprint density at radius 3 is 0.899 bits per heavy atom. The number of unbranched alkanes of at least 4 members (excludes halogenated alkanes) is 26. The van der Waals surface area contributed by atoms with Crippen LogP contribution in [0.4, 0.5) is 0 Å². The van der Waals surface area contributed by atoms with Gasteiger partial charge in [-0.3, -0.25) is 9.59 Å². The average Bonchev–Trinajstić information content (AvgIpc) is 3.64. The van der Waals surface area contributed by atoms with E-state index >= 15 is 0 Å². The molecule has 0 aromatic rings. The molecule has 0 aliphatic heterocycles. The highest BCUT2D eigenvalue weighted by Gasteiger charge is 2.22. The van der Waals surface area contributed by atoms with Crippen LogP contribution in [-0.2, 0) is 33.3 Å². The molecule has 506 valence electrons. The van der Waals surface area contributed by atoms with Gasteiger partial charge in [0.15, 0.2) is 12.4 Å². The van der Waals surface area contributed by atoms with Crippen LogP contribution in [0.2, 0.25) is 0 Å². The van der Waals surface area contributed by atoms with Crippen LogP contribution in [0.25, 0.3) is 0 Å². The number of carbonyl (C=O) groups is 3. The fraction of sp³-hybridized carbons (Fsp3) is 0.662. The van der Waals surface area contributed by atoms with Gasteiger partial charge in [-0.25, -0.2) is 0 Å². The summed E-state index contributed by atoms with van der Waals surface area (Å²) < 4.78 is 22.8. The molecule has 0 aromatic heterocycles. The van der Waals surface area contributed by atoms with Gasteiger partial charge in [0.2, 0.25) is 0 Å². The topological polar surface area (TPSA) is 111 Å². The summed E-state index contributed by atoms with van der Waals surface area (Å²) in [6.45, 7) is 4.50. The lowest BCUT2D eigenvalue weighted by Gasteiger charge is -2.26. The molecule has 0 rings (SSSR count). The zero-order valence-corrected chi connectivity index (χ0v) is 57.8. The molecule has 0 heterocycles. The monoisotopic (exact) mass is 1240 g/mol. The van der Waals surface area contributed by atoms with E-state index in [0.717, 1.165) is 122 Å². The first-order valence-electron chi connectivity index (χ1n) is 36.0. The number of esters is 2. The van der Waals surface area contributed by atoms with Crippen LogP contribution in [0.3, 0.4) is 0 Å². The van der Waals surface area contributed by atoms with Gasteiger partial charge in [-0.15, -0.1) is 0 Å². The predicted octanol–water partition coefficient (Wildman–Crippen LogP) is 21.4. The van der Waals surface area contributed by atoms with Crippen molar-refractivity contribution >= 4 is 17.9 Å². The third-order valence-corrected chi connectivity index (χ3v) is 15.1. The molecule has 0 amide bonds. The Kier molecular flexibility index (Phi) is 65.3. The number of hydrogen-bond donors (Lipinski definition) is 0. The number of carboxylic acid groups (broad SMARTS) is 1. The fourth-order valence-electron chi connectivity index (χ4n) is 9.66. The molecule has 0 N–H and O–H groups in total. The second-order valence-electron chi connectivity index (χ2n) is 24.8. The number of likely N-dealkylation sites (N-methyl/N-ethyl adjacent to an activating group) is 1. The Morgan fingerprint density at radius 1 is 0.337 bits per heavy atom. The Bertz CT molecular complexity index is 1970. The molecule has 89 heavy (non-hydrogen) atoms. The molecule has 9 nitrogen and oxygen atoms in total. The number of aliphatic carboxylic acids is 1. The van der Waals surface area contributed by atoms with E-state index in [0.29, 0.717) is 23.9 Å². The van der Waals surface area contributed by atoms with Gasteiger partial charge in [-0.2, -0.15) is 0 Å². The Labute approximate surface area is 547 Å². The van der Waals surface area contributed by atoms with Gasteiger partial charge in [-0.05, 0) is 116 Å². The van der Waals surface area contributed by atoms with E-state index in [2.05, 4.69) is 160 Å². The van der Waals surface area contributed by atoms with Crippen molar-refractivity contribution in [1.82, 2.24) is 0 Å². The summed E-state index contributed by atoms with van der Waals surface area (Å²) in [7, 11) is 5.92. The van der Waals surface area contributed by atoms with Gasteiger partial charge in [0.05, 0.1) is 40.3 Å². The maximum absolute atomic E-state index is 12.9. The second-order valence-corrected chi connectivity index (χ2v) is 24.8. The molecule has 0 aliphatic carbocycles. The summed E-state index contributed by atoms with van der Waals surface area (Å²) in [6, 6.07) is 0. The lowest BCUT2D eigenvalue weighted by atomic mass is 10.0. The Balaban J connectivity index is 4.07. The fourth-order valence-corrected chi connectivity index (χ4v) is 9.66. The molecule has 0 aliphatic rings. The normalized spacial score (nSPS) is 13.6. The van der Waals surface area contributed by atoms with Crippen molar-refractivity contribution in [3.05, 3.63) is 146 Å². The van der Waals surface area contributed by atoms with Crippen molar-refractivity contribution in [2.24, 2.45) is 0 Å².